The summed E-state index contributed by atoms with van der Waals surface area (Å²) in [6.07, 6.45) is 2.20. The first kappa shape index (κ1) is 14.8. The van der Waals surface area contributed by atoms with Crippen molar-refractivity contribution in [2.45, 2.75) is 18.9 Å². The van der Waals surface area contributed by atoms with Gasteiger partial charge >= 0.3 is 0 Å². The van der Waals surface area contributed by atoms with Crippen LogP contribution < -0.4 is 15.4 Å². The number of benzene rings is 1. The number of piperidine rings is 1. The molecule has 1 amide bonds. The molecule has 20 heavy (non-hydrogen) atoms. The number of rotatable bonds is 5. The Hall–Kier alpha value is -1.59. The van der Waals surface area contributed by atoms with Gasteiger partial charge in [0.1, 0.15) is 5.75 Å². The third-order valence-corrected chi connectivity index (χ3v) is 3.72. The Morgan fingerprint density at radius 1 is 1.40 bits per heavy atom. The number of ether oxygens (including phenoxy) is 1. The van der Waals surface area contributed by atoms with Crippen LogP contribution in [0.2, 0.25) is 0 Å². The first-order valence-electron chi connectivity index (χ1n) is 7.05. The predicted molar refractivity (Wildman–Crippen MR) is 80.1 cm³/mol. The average molecular weight is 277 g/mol. The molecule has 0 radical (unpaired) electrons. The molecule has 1 saturated heterocycles. The summed E-state index contributed by atoms with van der Waals surface area (Å²) < 4.78 is 5.14. The highest BCUT2D eigenvalue weighted by molar-refractivity contribution is 5.92. The van der Waals surface area contributed by atoms with E-state index in [1.807, 2.05) is 31.3 Å². The van der Waals surface area contributed by atoms with E-state index < -0.39 is 0 Å². The summed E-state index contributed by atoms with van der Waals surface area (Å²) in [5.74, 6) is 0.777. The molecule has 0 aliphatic carbocycles. The van der Waals surface area contributed by atoms with Gasteiger partial charge in [-0.1, -0.05) is 6.07 Å². The van der Waals surface area contributed by atoms with E-state index in [9.17, 15) is 4.79 Å². The van der Waals surface area contributed by atoms with Crippen LogP contribution in [0.5, 0.6) is 5.75 Å². The smallest absolute Gasteiger partial charge is 0.238 e. The highest BCUT2D eigenvalue weighted by atomic mass is 16.5. The molecule has 1 fully saturated rings. The highest BCUT2D eigenvalue weighted by Gasteiger charge is 2.19. The number of hydrogen-bond acceptors (Lipinski definition) is 4. The second-order valence-corrected chi connectivity index (χ2v) is 5.12. The van der Waals surface area contributed by atoms with Crippen molar-refractivity contribution in [3.8, 4) is 5.75 Å². The first-order valence-corrected chi connectivity index (χ1v) is 7.05. The monoisotopic (exact) mass is 277 g/mol. The molecular weight excluding hydrogens is 254 g/mol. The first-order chi connectivity index (χ1) is 9.71. The molecule has 110 valence electrons. The minimum absolute atomic E-state index is 0.0289. The predicted octanol–water partition coefficient (Wildman–Crippen LogP) is 1.32. The fourth-order valence-corrected chi connectivity index (χ4v) is 2.48. The van der Waals surface area contributed by atoms with Crippen molar-refractivity contribution in [2.24, 2.45) is 0 Å². The number of likely N-dealkylation sites (tertiary alicyclic amines) is 1. The van der Waals surface area contributed by atoms with Crippen LogP contribution in [-0.2, 0) is 4.79 Å². The van der Waals surface area contributed by atoms with Gasteiger partial charge in [-0.25, -0.2) is 0 Å². The minimum atomic E-state index is 0.0289. The lowest BCUT2D eigenvalue weighted by atomic mass is 10.1. The van der Waals surface area contributed by atoms with Gasteiger partial charge in [-0.15, -0.1) is 0 Å². The minimum Gasteiger partial charge on any atom is -0.497 e. The molecule has 0 atom stereocenters. The lowest BCUT2D eigenvalue weighted by Gasteiger charge is -2.31. The fourth-order valence-electron chi connectivity index (χ4n) is 2.48. The van der Waals surface area contributed by atoms with Crippen LogP contribution in [0.25, 0.3) is 0 Å². The topological polar surface area (TPSA) is 53.6 Å². The fraction of sp³-hybridized carbons (Fsp3) is 0.533. The van der Waals surface area contributed by atoms with Crippen molar-refractivity contribution in [2.75, 3.05) is 39.1 Å². The molecule has 0 saturated carbocycles. The molecule has 0 unspecified atom stereocenters. The lowest BCUT2D eigenvalue weighted by molar-refractivity contribution is -0.117. The molecule has 1 aliphatic heterocycles. The van der Waals surface area contributed by atoms with Crippen LogP contribution in [0.1, 0.15) is 12.8 Å². The number of carbonyl (C=O) groups is 1. The molecule has 0 aromatic heterocycles. The van der Waals surface area contributed by atoms with Gasteiger partial charge in [0, 0.05) is 30.9 Å². The molecule has 0 spiro atoms. The number of methoxy groups -OCH3 is 1. The standard InChI is InChI=1S/C15H23N3O2/c1-16-12-6-8-18(9-7-12)11-15(19)17-13-4-3-5-14(10-13)20-2/h3-5,10,12,16H,6-9,11H2,1-2H3,(H,17,19). The average Bonchev–Trinajstić information content (AvgIpc) is 2.48. The molecule has 1 aliphatic rings. The maximum Gasteiger partial charge on any atom is 0.238 e. The largest absolute Gasteiger partial charge is 0.497 e. The van der Waals surface area contributed by atoms with E-state index in [-0.39, 0.29) is 5.91 Å². The van der Waals surface area contributed by atoms with Gasteiger partial charge in [-0.2, -0.15) is 0 Å². The lowest BCUT2D eigenvalue weighted by Crippen LogP contribution is -2.44. The number of anilines is 1. The number of nitrogens with one attached hydrogen (secondary N) is 2. The van der Waals surface area contributed by atoms with E-state index >= 15 is 0 Å². The Balaban J connectivity index is 1.80. The normalized spacial score (nSPS) is 16.9. The number of hydrogen-bond donors (Lipinski definition) is 2. The summed E-state index contributed by atoms with van der Waals surface area (Å²) >= 11 is 0. The van der Waals surface area contributed by atoms with Crippen LogP contribution in [-0.4, -0.2) is 50.6 Å². The van der Waals surface area contributed by atoms with E-state index in [2.05, 4.69) is 15.5 Å². The Bertz CT molecular complexity index is 442. The molecule has 5 heteroatoms. The van der Waals surface area contributed by atoms with E-state index in [4.69, 9.17) is 4.74 Å². The molecular formula is C15H23N3O2. The van der Waals surface area contributed by atoms with Crippen LogP contribution in [0.4, 0.5) is 5.69 Å². The van der Waals surface area contributed by atoms with E-state index in [0.717, 1.165) is 37.4 Å². The van der Waals surface area contributed by atoms with Crippen LogP contribution in [0, 0.1) is 0 Å². The van der Waals surface area contributed by atoms with E-state index in [1.54, 1.807) is 7.11 Å². The van der Waals surface area contributed by atoms with Crippen molar-refractivity contribution in [1.82, 2.24) is 10.2 Å². The van der Waals surface area contributed by atoms with Gasteiger partial charge in [-0.3, -0.25) is 9.69 Å². The Morgan fingerprint density at radius 2 is 2.15 bits per heavy atom. The Labute approximate surface area is 120 Å². The number of nitrogens with zero attached hydrogens (tertiary/aromatic N) is 1. The summed E-state index contributed by atoms with van der Waals surface area (Å²) in [6, 6.07) is 8.01. The van der Waals surface area contributed by atoms with Crippen molar-refractivity contribution >= 4 is 11.6 Å². The molecule has 2 rings (SSSR count). The second kappa shape index (κ2) is 7.26. The number of amides is 1. The number of carbonyl (C=O) groups excluding carboxylic acids is 1. The highest BCUT2D eigenvalue weighted by Crippen LogP contribution is 2.17. The summed E-state index contributed by atoms with van der Waals surface area (Å²) in [7, 11) is 3.61. The molecule has 2 N–H and O–H groups in total. The summed E-state index contributed by atoms with van der Waals surface area (Å²) in [5.41, 5.74) is 0.777. The van der Waals surface area contributed by atoms with E-state index in [0.29, 0.717) is 12.6 Å². The van der Waals surface area contributed by atoms with Crippen molar-refractivity contribution < 1.29 is 9.53 Å². The maximum atomic E-state index is 12.0. The van der Waals surface area contributed by atoms with Crippen molar-refractivity contribution in [1.29, 1.82) is 0 Å². The summed E-state index contributed by atoms with van der Waals surface area (Å²) in [4.78, 5) is 14.2. The van der Waals surface area contributed by atoms with Gasteiger partial charge in [-0.05, 0) is 32.0 Å². The Kier molecular flexibility index (Phi) is 5.38. The van der Waals surface area contributed by atoms with Gasteiger partial charge in [0.2, 0.25) is 5.91 Å². The molecule has 1 aromatic rings. The third-order valence-electron chi connectivity index (χ3n) is 3.72. The van der Waals surface area contributed by atoms with Gasteiger partial charge in [0.15, 0.2) is 0 Å². The molecule has 1 heterocycles. The zero-order valence-corrected chi connectivity index (χ0v) is 12.2. The summed E-state index contributed by atoms with van der Waals surface area (Å²) in [5, 5.41) is 6.20. The molecule has 1 aromatic carbocycles. The molecule has 5 nitrogen and oxygen atoms in total. The molecule has 0 bridgehead atoms. The van der Waals surface area contributed by atoms with Crippen LogP contribution in [0.15, 0.2) is 24.3 Å². The zero-order valence-electron chi connectivity index (χ0n) is 12.2. The van der Waals surface area contributed by atoms with Gasteiger partial charge in [0.25, 0.3) is 0 Å². The maximum absolute atomic E-state index is 12.0. The summed E-state index contributed by atoms with van der Waals surface area (Å²) in [6.45, 7) is 2.39. The van der Waals surface area contributed by atoms with Crippen molar-refractivity contribution in [3.05, 3.63) is 24.3 Å². The van der Waals surface area contributed by atoms with Crippen molar-refractivity contribution in [3.63, 3.8) is 0 Å². The quantitative estimate of drug-likeness (QED) is 0.852. The van der Waals surface area contributed by atoms with Gasteiger partial charge in [0.05, 0.1) is 13.7 Å². The third kappa shape index (κ3) is 4.21. The second-order valence-electron chi connectivity index (χ2n) is 5.12. The van der Waals surface area contributed by atoms with Gasteiger partial charge < -0.3 is 15.4 Å². The SMILES string of the molecule is CNC1CCN(CC(=O)Nc2cccc(OC)c2)CC1. The van der Waals surface area contributed by atoms with E-state index in [1.165, 1.54) is 0 Å². The van der Waals surface area contributed by atoms with Crippen LogP contribution >= 0.6 is 0 Å². The Morgan fingerprint density at radius 3 is 2.80 bits per heavy atom. The zero-order chi connectivity index (χ0) is 14.4. The van der Waals surface area contributed by atoms with Crippen LogP contribution in [0.3, 0.4) is 0 Å².